The highest BCUT2D eigenvalue weighted by Crippen LogP contribution is 2.19. The van der Waals surface area contributed by atoms with Crippen molar-refractivity contribution < 1.29 is 14.0 Å². The molecular weight excluding hydrogens is 283 g/mol. The maximum Gasteiger partial charge on any atom is 0.246 e. The van der Waals surface area contributed by atoms with E-state index in [0.29, 0.717) is 31.5 Å². The van der Waals surface area contributed by atoms with Crippen LogP contribution in [0.1, 0.15) is 18.4 Å². The minimum absolute atomic E-state index is 0.00579. The zero-order valence-electron chi connectivity index (χ0n) is 13.0. The molecule has 1 saturated heterocycles. The van der Waals surface area contributed by atoms with Gasteiger partial charge in [0.1, 0.15) is 5.82 Å². The number of halogens is 1. The fourth-order valence-electron chi connectivity index (χ4n) is 2.60. The molecule has 4 nitrogen and oxygen atoms in total. The molecule has 0 atom stereocenters. The monoisotopic (exact) mass is 304 g/mol. The zero-order valence-corrected chi connectivity index (χ0v) is 13.0. The van der Waals surface area contributed by atoms with E-state index in [1.807, 2.05) is 0 Å². The summed E-state index contributed by atoms with van der Waals surface area (Å²) in [6, 6.07) is 6.10. The molecule has 0 N–H and O–H groups in total. The van der Waals surface area contributed by atoms with Crippen LogP contribution < -0.4 is 0 Å². The Labute approximate surface area is 130 Å². The van der Waals surface area contributed by atoms with Crippen LogP contribution in [0.3, 0.4) is 0 Å². The van der Waals surface area contributed by atoms with Gasteiger partial charge in [-0.25, -0.2) is 4.39 Å². The van der Waals surface area contributed by atoms with Gasteiger partial charge >= 0.3 is 0 Å². The molecule has 0 aromatic heterocycles. The number of nitrogens with zero attached hydrogens (tertiary/aromatic N) is 2. The van der Waals surface area contributed by atoms with Gasteiger partial charge in [0.05, 0.1) is 0 Å². The van der Waals surface area contributed by atoms with E-state index in [4.69, 9.17) is 0 Å². The number of rotatable bonds is 3. The summed E-state index contributed by atoms with van der Waals surface area (Å²) in [5.41, 5.74) is 0.658. The van der Waals surface area contributed by atoms with E-state index in [9.17, 15) is 14.0 Å². The fourth-order valence-corrected chi connectivity index (χ4v) is 2.60. The Kier molecular flexibility index (Phi) is 5.31. The summed E-state index contributed by atoms with van der Waals surface area (Å²) in [6.07, 6.45) is 4.46. The molecule has 1 aromatic rings. The fraction of sp³-hybridized carbons (Fsp3) is 0.412. The lowest BCUT2D eigenvalue weighted by Crippen LogP contribution is -2.42. The first-order chi connectivity index (χ1) is 10.5. The van der Waals surface area contributed by atoms with Crippen molar-refractivity contribution in [3.8, 4) is 0 Å². The quantitative estimate of drug-likeness (QED) is 0.803. The summed E-state index contributed by atoms with van der Waals surface area (Å²) in [4.78, 5) is 27.3. The summed E-state index contributed by atoms with van der Waals surface area (Å²) in [7, 11) is 3.50. The van der Waals surface area contributed by atoms with Crippen molar-refractivity contribution in [3.05, 3.63) is 41.7 Å². The minimum atomic E-state index is -0.322. The predicted molar refractivity (Wildman–Crippen MR) is 83.4 cm³/mol. The summed E-state index contributed by atoms with van der Waals surface area (Å²) in [6.45, 7) is 1.16. The average Bonchev–Trinajstić information content (AvgIpc) is 2.52. The Hall–Kier alpha value is -2.17. The summed E-state index contributed by atoms with van der Waals surface area (Å²) in [5, 5.41) is 0. The summed E-state index contributed by atoms with van der Waals surface area (Å²) in [5.74, 6) is -0.286. The third-order valence-electron chi connectivity index (χ3n) is 3.86. The van der Waals surface area contributed by atoms with Crippen LogP contribution in [0.5, 0.6) is 0 Å². The molecule has 2 amide bonds. The van der Waals surface area contributed by atoms with Crippen molar-refractivity contribution in [2.45, 2.75) is 12.8 Å². The van der Waals surface area contributed by atoms with Gasteiger partial charge in [-0.05, 0) is 36.6 Å². The maximum absolute atomic E-state index is 13.1. The second-order valence-electron chi connectivity index (χ2n) is 5.72. The smallest absolute Gasteiger partial charge is 0.246 e. The van der Waals surface area contributed by atoms with E-state index < -0.39 is 0 Å². The van der Waals surface area contributed by atoms with Crippen LogP contribution in [-0.2, 0) is 9.59 Å². The number of hydrogen-bond donors (Lipinski definition) is 0. The number of carbonyl (C=O) groups excluding carboxylic acids is 2. The Balaban J connectivity index is 1.89. The molecule has 1 aromatic carbocycles. The SMILES string of the molecule is CN(C)C(=O)C1CCN(C(=O)/C=C/c2cccc(F)c2)CC1. The molecule has 0 aliphatic carbocycles. The first-order valence-corrected chi connectivity index (χ1v) is 7.41. The molecule has 1 heterocycles. The molecule has 5 heteroatoms. The van der Waals surface area contributed by atoms with E-state index in [-0.39, 0.29) is 23.5 Å². The second kappa shape index (κ2) is 7.20. The normalized spacial score (nSPS) is 16.0. The van der Waals surface area contributed by atoms with E-state index in [1.54, 1.807) is 42.1 Å². The number of carbonyl (C=O) groups is 2. The molecule has 0 unspecified atom stereocenters. The minimum Gasteiger partial charge on any atom is -0.349 e. The van der Waals surface area contributed by atoms with Gasteiger partial charge in [0.25, 0.3) is 0 Å². The lowest BCUT2D eigenvalue weighted by atomic mass is 9.95. The Morgan fingerprint density at radius 1 is 1.27 bits per heavy atom. The molecule has 0 radical (unpaired) electrons. The van der Waals surface area contributed by atoms with E-state index >= 15 is 0 Å². The van der Waals surface area contributed by atoms with Crippen LogP contribution in [-0.4, -0.2) is 48.8 Å². The molecule has 118 valence electrons. The zero-order chi connectivity index (χ0) is 16.1. The molecule has 0 bridgehead atoms. The highest BCUT2D eigenvalue weighted by molar-refractivity contribution is 5.92. The average molecular weight is 304 g/mol. The van der Waals surface area contributed by atoms with Crippen molar-refractivity contribution in [2.24, 2.45) is 5.92 Å². The summed E-state index contributed by atoms with van der Waals surface area (Å²) < 4.78 is 13.1. The van der Waals surface area contributed by atoms with Crippen molar-refractivity contribution in [1.29, 1.82) is 0 Å². The van der Waals surface area contributed by atoms with Crippen molar-refractivity contribution >= 4 is 17.9 Å². The van der Waals surface area contributed by atoms with Gasteiger partial charge < -0.3 is 9.80 Å². The van der Waals surface area contributed by atoms with Gasteiger partial charge in [0.2, 0.25) is 11.8 Å². The number of amides is 2. The number of likely N-dealkylation sites (tertiary alicyclic amines) is 1. The van der Waals surface area contributed by atoms with Crippen molar-refractivity contribution in [3.63, 3.8) is 0 Å². The Bertz CT molecular complexity index is 576. The van der Waals surface area contributed by atoms with Crippen LogP contribution >= 0.6 is 0 Å². The van der Waals surface area contributed by atoms with E-state index in [0.717, 1.165) is 0 Å². The van der Waals surface area contributed by atoms with Crippen molar-refractivity contribution in [2.75, 3.05) is 27.2 Å². The van der Waals surface area contributed by atoms with Gasteiger partial charge in [0, 0.05) is 39.2 Å². The third kappa shape index (κ3) is 4.16. The van der Waals surface area contributed by atoms with Gasteiger partial charge in [0.15, 0.2) is 0 Å². The molecule has 1 fully saturated rings. The van der Waals surface area contributed by atoms with Gasteiger partial charge in [-0.1, -0.05) is 12.1 Å². The van der Waals surface area contributed by atoms with Gasteiger partial charge in [-0.3, -0.25) is 9.59 Å². The topological polar surface area (TPSA) is 40.6 Å². The second-order valence-corrected chi connectivity index (χ2v) is 5.72. The number of benzene rings is 1. The predicted octanol–water partition coefficient (Wildman–Crippen LogP) is 2.17. The third-order valence-corrected chi connectivity index (χ3v) is 3.86. The van der Waals surface area contributed by atoms with Crippen LogP contribution in [0, 0.1) is 11.7 Å². The van der Waals surface area contributed by atoms with Crippen molar-refractivity contribution in [1.82, 2.24) is 9.80 Å². The summed E-state index contributed by atoms with van der Waals surface area (Å²) >= 11 is 0. The standard InChI is InChI=1S/C17H21FN2O2/c1-19(2)17(22)14-8-10-20(11-9-14)16(21)7-6-13-4-3-5-15(18)12-13/h3-7,12,14H,8-11H2,1-2H3/b7-6+. The Morgan fingerprint density at radius 2 is 1.95 bits per heavy atom. The molecule has 2 rings (SSSR count). The molecule has 1 aliphatic rings. The highest BCUT2D eigenvalue weighted by Gasteiger charge is 2.27. The molecule has 0 spiro atoms. The largest absolute Gasteiger partial charge is 0.349 e. The van der Waals surface area contributed by atoms with Crippen LogP contribution in [0.4, 0.5) is 4.39 Å². The van der Waals surface area contributed by atoms with Crippen LogP contribution in [0.15, 0.2) is 30.3 Å². The maximum atomic E-state index is 13.1. The van der Waals surface area contributed by atoms with Crippen LogP contribution in [0.2, 0.25) is 0 Å². The molecular formula is C17H21FN2O2. The first kappa shape index (κ1) is 16.2. The number of hydrogen-bond acceptors (Lipinski definition) is 2. The first-order valence-electron chi connectivity index (χ1n) is 7.41. The van der Waals surface area contributed by atoms with Crippen LogP contribution in [0.25, 0.3) is 6.08 Å². The molecule has 1 aliphatic heterocycles. The Morgan fingerprint density at radius 3 is 2.55 bits per heavy atom. The van der Waals surface area contributed by atoms with Gasteiger partial charge in [-0.15, -0.1) is 0 Å². The lowest BCUT2D eigenvalue weighted by Gasteiger charge is -2.31. The molecule has 0 saturated carbocycles. The lowest BCUT2D eigenvalue weighted by molar-refractivity contribution is -0.137. The van der Waals surface area contributed by atoms with E-state index in [2.05, 4.69) is 0 Å². The van der Waals surface area contributed by atoms with Gasteiger partial charge in [-0.2, -0.15) is 0 Å². The highest BCUT2D eigenvalue weighted by atomic mass is 19.1. The number of piperidine rings is 1. The van der Waals surface area contributed by atoms with E-state index in [1.165, 1.54) is 18.2 Å². The molecule has 22 heavy (non-hydrogen) atoms.